The molecule has 2 aromatic carbocycles. The third-order valence-corrected chi connectivity index (χ3v) is 4.15. The van der Waals surface area contributed by atoms with E-state index in [1.54, 1.807) is 48.1 Å². The Morgan fingerprint density at radius 1 is 0.926 bits per heavy atom. The molecule has 2 amide bonds. The van der Waals surface area contributed by atoms with Crippen LogP contribution < -0.4 is 10.6 Å². The largest absolute Gasteiger partial charge is 0.326 e. The van der Waals surface area contributed by atoms with Crippen molar-refractivity contribution in [1.29, 1.82) is 0 Å². The highest BCUT2D eigenvalue weighted by Gasteiger charge is 2.12. The third kappa shape index (κ3) is 5.04. The van der Waals surface area contributed by atoms with Gasteiger partial charge in [0.2, 0.25) is 5.91 Å². The number of nitrogens with one attached hydrogen (secondary N) is 2. The molecule has 1 aromatic heterocycles. The van der Waals surface area contributed by atoms with Gasteiger partial charge < -0.3 is 10.6 Å². The predicted octanol–water partition coefficient (Wildman–Crippen LogP) is 3.73. The number of anilines is 2. The fourth-order valence-electron chi connectivity index (χ4n) is 2.66. The molecule has 0 aliphatic carbocycles. The number of hydrogen-bond acceptors (Lipinski definition) is 3. The van der Waals surface area contributed by atoms with E-state index < -0.39 is 0 Å². The average molecular weight is 362 g/mol. The van der Waals surface area contributed by atoms with Crippen molar-refractivity contribution >= 4 is 23.2 Å². The summed E-state index contributed by atoms with van der Waals surface area (Å²) in [6, 6.07) is 18.8. The van der Waals surface area contributed by atoms with E-state index in [-0.39, 0.29) is 11.8 Å². The molecule has 0 radical (unpaired) electrons. The predicted molar refractivity (Wildman–Crippen MR) is 106 cm³/mol. The third-order valence-electron chi connectivity index (χ3n) is 4.15. The molecule has 0 saturated heterocycles. The summed E-state index contributed by atoms with van der Waals surface area (Å²) < 4.78 is 1.71. The number of nitrogens with zero attached hydrogens (tertiary/aromatic N) is 2. The van der Waals surface area contributed by atoms with Gasteiger partial charge in [0.05, 0.1) is 0 Å². The number of benzene rings is 2. The summed E-state index contributed by atoms with van der Waals surface area (Å²) in [5.41, 5.74) is 3.07. The van der Waals surface area contributed by atoms with E-state index in [0.717, 1.165) is 6.42 Å². The number of carbonyl (C=O) groups is 2. The summed E-state index contributed by atoms with van der Waals surface area (Å²) in [5.74, 6) is -0.264. The van der Waals surface area contributed by atoms with Crippen molar-refractivity contribution in [3.8, 4) is 0 Å². The molecule has 138 valence electrons. The molecule has 2 N–H and O–H groups in total. The molecule has 3 aromatic rings. The van der Waals surface area contributed by atoms with Gasteiger partial charge in [-0.3, -0.25) is 14.3 Å². The highest BCUT2D eigenvalue weighted by Crippen LogP contribution is 2.15. The van der Waals surface area contributed by atoms with Gasteiger partial charge in [0.15, 0.2) is 0 Å². The van der Waals surface area contributed by atoms with Crippen molar-refractivity contribution in [3.63, 3.8) is 0 Å². The Labute approximate surface area is 158 Å². The van der Waals surface area contributed by atoms with Crippen LogP contribution in [0.25, 0.3) is 0 Å². The molecular formula is C21H22N4O2. The van der Waals surface area contributed by atoms with Gasteiger partial charge >= 0.3 is 0 Å². The van der Waals surface area contributed by atoms with Gasteiger partial charge in [-0.05, 0) is 42.3 Å². The molecule has 0 aliphatic heterocycles. The van der Waals surface area contributed by atoms with Gasteiger partial charge in [-0.25, -0.2) is 0 Å². The summed E-state index contributed by atoms with van der Waals surface area (Å²) in [6.45, 7) is 2.42. The van der Waals surface area contributed by atoms with Crippen LogP contribution in [-0.4, -0.2) is 21.6 Å². The molecule has 3 rings (SSSR count). The van der Waals surface area contributed by atoms with Crippen LogP contribution in [0.5, 0.6) is 0 Å². The smallest absolute Gasteiger partial charge is 0.273 e. The van der Waals surface area contributed by atoms with Crippen molar-refractivity contribution in [2.75, 3.05) is 10.6 Å². The molecule has 6 nitrogen and oxygen atoms in total. The standard InChI is InChI=1S/C21H22N4O2/c1-2-20(26)23-17-8-10-18(11-9-17)24-21(27)19-12-14-22-25(19)15-13-16-6-4-3-5-7-16/h3-12,14H,2,13,15H2,1H3,(H,23,26)(H,24,27). The van der Waals surface area contributed by atoms with Crippen LogP contribution in [0, 0.1) is 0 Å². The van der Waals surface area contributed by atoms with E-state index in [1.807, 2.05) is 18.2 Å². The Morgan fingerprint density at radius 2 is 1.59 bits per heavy atom. The minimum absolute atomic E-state index is 0.0471. The first-order chi connectivity index (χ1) is 13.2. The summed E-state index contributed by atoms with van der Waals surface area (Å²) in [7, 11) is 0. The second-order valence-electron chi connectivity index (χ2n) is 6.11. The number of aryl methyl sites for hydroxylation is 2. The Morgan fingerprint density at radius 3 is 2.26 bits per heavy atom. The van der Waals surface area contributed by atoms with Crippen LogP contribution in [-0.2, 0) is 17.8 Å². The Hall–Kier alpha value is -3.41. The zero-order chi connectivity index (χ0) is 19.1. The molecule has 0 saturated carbocycles. The molecular weight excluding hydrogens is 340 g/mol. The lowest BCUT2D eigenvalue weighted by Crippen LogP contribution is -2.18. The molecule has 0 fully saturated rings. The first-order valence-corrected chi connectivity index (χ1v) is 8.92. The zero-order valence-corrected chi connectivity index (χ0v) is 15.2. The fraction of sp³-hybridized carbons (Fsp3) is 0.190. The molecule has 0 spiro atoms. The van der Waals surface area contributed by atoms with E-state index in [4.69, 9.17) is 0 Å². The summed E-state index contributed by atoms with van der Waals surface area (Å²) in [4.78, 5) is 24.0. The molecule has 27 heavy (non-hydrogen) atoms. The van der Waals surface area contributed by atoms with E-state index >= 15 is 0 Å². The molecule has 0 unspecified atom stereocenters. The second-order valence-corrected chi connectivity index (χ2v) is 6.11. The normalized spacial score (nSPS) is 10.4. The monoisotopic (exact) mass is 362 g/mol. The van der Waals surface area contributed by atoms with E-state index in [1.165, 1.54) is 5.56 Å². The Bertz CT molecular complexity index is 901. The number of aromatic nitrogens is 2. The second kappa shape index (κ2) is 8.80. The summed E-state index contributed by atoms with van der Waals surface area (Å²) >= 11 is 0. The van der Waals surface area contributed by atoms with Crippen molar-refractivity contribution in [2.24, 2.45) is 0 Å². The molecule has 0 bridgehead atoms. The van der Waals surface area contributed by atoms with Crippen LogP contribution in [0.15, 0.2) is 66.9 Å². The lowest BCUT2D eigenvalue weighted by atomic mass is 10.1. The van der Waals surface area contributed by atoms with Crippen LogP contribution in [0.4, 0.5) is 11.4 Å². The van der Waals surface area contributed by atoms with Crippen LogP contribution in [0.3, 0.4) is 0 Å². The molecule has 0 atom stereocenters. The van der Waals surface area contributed by atoms with Gasteiger partial charge in [-0.15, -0.1) is 0 Å². The van der Waals surface area contributed by atoms with Crippen molar-refractivity contribution < 1.29 is 9.59 Å². The minimum atomic E-state index is -0.217. The van der Waals surface area contributed by atoms with Gasteiger partial charge in [0, 0.05) is 30.5 Å². The summed E-state index contributed by atoms with van der Waals surface area (Å²) in [5, 5.41) is 9.90. The zero-order valence-electron chi connectivity index (χ0n) is 15.2. The SMILES string of the molecule is CCC(=O)Nc1ccc(NC(=O)c2ccnn2CCc2ccccc2)cc1. The first kappa shape index (κ1) is 18.4. The highest BCUT2D eigenvalue weighted by atomic mass is 16.2. The summed E-state index contributed by atoms with van der Waals surface area (Å²) in [6.07, 6.45) is 2.85. The fourth-order valence-corrected chi connectivity index (χ4v) is 2.66. The maximum Gasteiger partial charge on any atom is 0.273 e. The molecule has 1 heterocycles. The van der Waals surface area contributed by atoms with Gasteiger partial charge in [0.1, 0.15) is 5.69 Å². The molecule has 6 heteroatoms. The van der Waals surface area contributed by atoms with Crippen LogP contribution in [0.1, 0.15) is 29.4 Å². The van der Waals surface area contributed by atoms with Gasteiger partial charge in [-0.2, -0.15) is 5.10 Å². The number of hydrogen-bond donors (Lipinski definition) is 2. The average Bonchev–Trinajstić information content (AvgIpc) is 3.17. The van der Waals surface area contributed by atoms with E-state index in [2.05, 4.69) is 27.9 Å². The first-order valence-electron chi connectivity index (χ1n) is 8.92. The van der Waals surface area contributed by atoms with E-state index in [0.29, 0.717) is 30.0 Å². The maximum absolute atomic E-state index is 12.6. The van der Waals surface area contributed by atoms with Gasteiger partial charge in [-0.1, -0.05) is 37.3 Å². The minimum Gasteiger partial charge on any atom is -0.326 e. The van der Waals surface area contributed by atoms with Crippen LogP contribution >= 0.6 is 0 Å². The number of rotatable bonds is 7. The van der Waals surface area contributed by atoms with Gasteiger partial charge in [0.25, 0.3) is 5.91 Å². The highest BCUT2D eigenvalue weighted by molar-refractivity contribution is 6.03. The molecule has 0 aliphatic rings. The van der Waals surface area contributed by atoms with Crippen molar-refractivity contribution in [3.05, 3.63) is 78.1 Å². The topological polar surface area (TPSA) is 76.0 Å². The lowest BCUT2D eigenvalue weighted by molar-refractivity contribution is -0.115. The Balaban J connectivity index is 1.61. The maximum atomic E-state index is 12.6. The van der Waals surface area contributed by atoms with E-state index in [9.17, 15) is 9.59 Å². The van der Waals surface area contributed by atoms with Crippen molar-refractivity contribution in [2.45, 2.75) is 26.3 Å². The number of carbonyl (C=O) groups excluding carboxylic acids is 2. The van der Waals surface area contributed by atoms with Crippen molar-refractivity contribution in [1.82, 2.24) is 9.78 Å². The number of amides is 2. The Kier molecular flexibility index (Phi) is 5.99. The lowest BCUT2D eigenvalue weighted by Gasteiger charge is -2.09. The van der Waals surface area contributed by atoms with Crippen LogP contribution in [0.2, 0.25) is 0 Å². The quantitative estimate of drug-likeness (QED) is 0.672.